The van der Waals surface area contributed by atoms with E-state index in [1.54, 1.807) is 36.4 Å². The summed E-state index contributed by atoms with van der Waals surface area (Å²) in [5.41, 5.74) is -0.0461. The summed E-state index contributed by atoms with van der Waals surface area (Å²) in [7, 11) is 0. The summed E-state index contributed by atoms with van der Waals surface area (Å²) in [6.07, 6.45) is 1.38. The van der Waals surface area contributed by atoms with Crippen LogP contribution in [0.15, 0.2) is 54.6 Å². The van der Waals surface area contributed by atoms with Crippen LogP contribution < -0.4 is 0 Å². The van der Waals surface area contributed by atoms with E-state index in [-0.39, 0.29) is 5.78 Å². The maximum atomic E-state index is 12.4. The SMILES string of the molecule is CC(C)(C)C(C=O)(C=O)c1ccc(C(=O)c2ccccc2)cc1. The Balaban J connectivity index is 2.41. The van der Waals surface area contributed by atoms with Crippen LogP contribution in [0.1, 0.15) is 42.3 Å². The molecule has 0 spiro atoms. The van der Waals surface area contributed by atoms with Crippen molar-refractivity contribution in [1.29, 1.82) is 0 Å². The van der Waals surface area contributed by atoms with E-state index in [1.807, 2.05) is 39.0 Å². The largest absolute Gasteiger partial charge is 0.302 e. The number of hydrogen-bond acceptors (Lipinski definition) is 3. The Morgan fingerprint density at radius 3 is 1.70 bits per heavy atom. The lowest BCUT2D eigenvalue weighted by atomic mass is 9.64. The Kier molecular flexibility index (Phi) is 4.60. The van der Waals surface area contributed by atoms with Crippen LogP contribution in [-0.2, 0) is 15.0 Å². The molecular formula is C20H20O3. The molecular weight excluding hydrogens is 288 g/mol. The van der Waals surface area contributed by atoms with Crippen LogP contribution in [0.2, 0.25) is 0 Å². The lowest BCUT2D eigenvalue weighted by molar-refractivity contribution is -0.126. The summed E-state index contributed by atoms with van der Waals surface area (Å²) in [6.45, 7) is 5.54. The van der Waals surface area contributed by atoms with Gasteiger partial charge in [0.15, 0.2) is 5.78 Å². The van der Waals surface area contributed by atoms with E-state index in [0.29, 0.717) is 29.3 Å². The van der Waals surface area contributed by atoms with E-state index in [0.717, 1.165) is 0 Å². The molecule has 0 amide bonds. The van der Waals surface area contributed by atoms with E-state index >= 15 is 0 Å². The monoisotopic (exact) mass is 308 g/mol. The van der Waals surface area contributed by atoms with Gasteiger partial charge in [0, 0.05) is 11.1 Å². The summed E-state index contributed by atoms with van der Waals surface area (Å²) in [4.78, 5) is 35.7. The number of ketones is 1. The van der Waals surface area contributed by atoms with Crippen molar-refractivity contribution in [2.24, 2.45) is 5.41 Å². The molecule has 0 atom stereocenters. The van der Waals surface area contributed by atoms with E-state index < -0.39 is 10.8 Å². The topological polar surface area (TPSA) is 51.2 Å². The van der Waals surface area contributed by atoms with Gasteiger partial charge in [-0.3, -0.25) is 4.79 Å². The van der Waals surface area contributed by atoms with E-state index in [4.69, 9.17) is 0 Å². The number of hydrogen-bond donors (Lipinski definition) is 0. The van der Waals surface area contributed by atoms with Gasteiger partial charge in [-0.25, -0.2) is 0 Å². The first-order valence-corrected chi connectivity index (χ1v) is 7.48. The van der Waals surface area contributed by atoms with Crippen molar-refractivity contribution >= 4 is 18.4 Å². The highest BCUT2D eigenvalue weighted by molar-refractivity contribution is 6.09. The van der Waals surface area contributed by atoms with Crippen molar-refractivity contribution < 1.29 is 14.4 Å². The zero-order valence-corrected chi connectivity index (χ0v) is 13.6. The first-order chi connectivity index (χ1) is 10.9. The van der Waals surface area contributed by atoms with Crippen LogP contribution in [0, 0.1) is 5.41 Å². The molecule has 0 aromatic heterocycles. The van der Waals surface area contributed by atoms with Gasteiger partial charge < -0.3 is 9.59 Å². The molecule has 0 bridgehead atoms. The van der Waals surface area contributed by atoms with Gasteiger partial charge in [-0.1, -0.05) is 75.4 Å². The van der Waals surface area contributed by atoms with E-state index in [9.17, 15) is 14.4 Å². The van der Waals surface area contributed by atoms with Crippen molar-refractivity contribution in [1.82, 2.24) is 0 Å². The number of carbonyl (C=O) groups excluding carboxylic acids is 3. The van der Waals surface area contributed by atoms with Gasteiger partial charge in [0.1, 0.15) is 18.0 Å². The molecule has 2 rings (SSSR count). The number of carbonyl (C=O) groups is 3. The second-order valence-electron chi connectivity index (χ2n) is 6.63. The third-order valence-corrected chi connectivity index (χ3v) is 4.27. The quantitative estimate of drug-likeness (QED) is 0.482. The van der Waals surface area contributed by atoms with Crippen LogP contribution in [0.4, 0.5) is 0 Å². The standard InChI is InChI=1S/C20H20O3/c1-19(2,3)20(13-21,14-22)17-11-9-16(10-12-17)18(23)15-7-5-4-6-8-15/h4-14H,1-3H3. The average molecular weight is 308 g/mol. The zero-order valence-electron chi connectivity index (χ0n) is 13.6. The van der Waals surface area contributed by atoms with Gasteiger partial charge in [-0.2, -0.15) is 0 Å². The summed E-state index contributed by atoms with van der Waals surface area (Å²) < 4.78 is 0. The molecule has 118 valence electrons. The van der Waals surface area contributed by atoms with Crippen LogP contribution in [0.5, 0.6) is 0 Å². The Morgan fingerprint density at radius 2 is 1.26 bits per heavy atom. The van der Waals surface area contributed by atoms with Crippen molar-refractivity contribution in [2.45, 2.75) is 26.2 Å². The summed E-state index contributed by atoms with van der Waals surface area (Å²) in [6, 6.07) is 15.7. The number of rotatable bonds is 5. The van der Waals surface area contributed by atoms with Crippen molar-refractivity contribution in [3.8, 4) is 0 Å². The minimum absolute atomic E-state index is 0.0873. The number of aldehydes is 2. The number of benzene rings is 2. The molecule has 0 aliphatic rings. The smallest absolute Gasteiger partial charge is 0.193 e. The van der Waals surface area contributed by atoms with Gasteiger partial charge in [0.2, 0.25) is 0 Å². The molecule has 3 heteroatoms. The lowest BCUT2D eigenvalue weighted by Crippen LogP contribution is -2.43. The summed E-state index contributed by atoms with van der Waals surface area (Å²) in [5, 5.41) is 0. The van der Waals surface area contributed by atoms with Crippen molar-refractivity contribution in [3.63, 3.8) is 0 Å². The van der Waals surface area contributed by atoms with Crippen molar-refractivity contribution in [3.05, 3.63) is 71.3 Å². The molecule has 0 N–H and O–H groups in total. The Morgan fingerprint density at radius 1 is 0.783 bits per heavy atom. The minimum Gasteiger partial charge on any atom is -0.302 e. The normalized spacial score (nSPS) is 11.8. The van der Waals surface area contributed by atoms with Gasteiger partial charge in [-0.05, 0) is 11.0 Å². The third kappa shape index (κ3) is 3.00. The maximum absolute atomic E-state index is 12.4. The summed E-state index contributed by atoms with van der Waals surface area (Å²) >= 11 is 0. The highest BCUT2D eigenvalue weighted by Gasteiger charge is 2.43. The predicted molar refractivity (Wildman–Crippen MR) is 89.6 cm³/mol. The molecule has 2 aromatic rings. The molecule has 0 heterocycles. The fourth-order valence-corrected chi connectivity index (χ4v) is 2.60. The maximum Gasteiger partial charge on any atom is 0.193 e. The van der Waals surface area contributed by atoms with Crippen LogP contribution in [0.3, 0.4) is 0 Å². The minimum atomic E-state index is -1.22. The summed E-state index contributed by atoms with van der Waals surface area (Å²) in [5.74, 6) is -0.0873. The molecule has 0 aliphatic heterocycles. The molecule has 0 radical (unpaired) electrons. The van der Waals surface area contributed by atoms with Crippen LogP contribution >= 0.6 is 0 Å². The average Bonchev–Trinajstić information content (AvgIpc) is 2.56. The highest BCUT2D eigenvalue weighted by Crippen LogP contribution is 2.38. The Labute approximate surface area is 136 Å². The molecule has 23 heavy (non-hydrogen) atoms. The van der Waals surface area contributed by atoms with Crippen molar-refractivity contribution in [2.75, 3.05) is 0 Å². The van der Waals surface area contributed by atoms with E-state index in [2.05, 4.69) is 0 Å². The van der Waals surface area contributed by atoms with Gasteiger partial charge in [0.05, 0.1) is 0 Å². The van der Waals surface area contributed by atoms with E-state index in [1.165, 1.54) is 0 Å². The van der Waals surface area contributed by atoms with Crippen LogP contribution in [0.25, 0.3) is 0 Å². The third-order valence-electron chi connectivity index (χ3n) is 4.27. The molecule has 0 aliphatic carbocycles. The molecule has 2 aromatic carbocycles. The molecule has 3 nitrogen and oxygen atoms in total. The van der Waals surface area contributed by atoms with Gasteiger partial charge >= 0.3 is 0 Å². The lowest BCUT2D eigenvalue weighted by Gasteiger charge is -2.36. The fourth-order valence-electron chi connectivity index (χ4n) is 2.60. The second-order valence-corrected chi connectivity index (χ2v) is 6.63. The second kappa shape index (κ2) is 6.29. The molecule has 0 fully saturated rings. The predicted octanol–water partition coefficient (Wildman–Crippen LogP) is 3.60. The van der Waals surface area contributed by atoms with Gasteiger partial charge in [-0.15, -0.1) is 0 Å². The molecule has 0 saturated carbocycles. The molecule has 0 saturated heterocycles. The zero-order chi connectivity index (χ0) is 17.1. The first-order valence-electron chi connectivity index (χ1n) is 7.48. The van der Waals surface area contributed by atoms with Gasteiger partial charge in [0.25, 0.3) is 0 Å². The first kappa shape index (κ1) is 16.8. The highest BCUT2D eigenvalue weighted by atomic mass is 16.1. The molecule has 0 unspecified atom stereocenters. The Hall–Kier alpha value is -2.55. The van der Waals surface area contributed by atoms with Crippen LogP contribution in [-0.4, -0.2) is 18.4 Å². The fraction of sp³-hybridized carbons (Fsp3) is 0.250. The Bertz CT molecular complexity index is 699.